The third-order valence-corrected chi connectivity index (χ3v) is 6.84. The van der Waals surface area contributed by atoms with Crippen molar-refractivity contribution in [2.75, 3.05) is 37.6 Å². The molecule has 1 N–H and O–H groups in total. The van der Waals surface area contributed by atoms with Crippen LogP contribution in [0.2, 0.25) is 0 Å². The van der Waals surface area contributed by atoms with Gasteiger partial charge in [0.2, 0.25) is 5.95 Å². The Labute approximate surface area is 173 Å². The number of hydrogen-bond acceptors (Lipinski definition) is 7. The van der Waals surface area contributed by atoms with E-state index in [-0.39, 0.29) is 5.91 Å². The first-order valence-corrected chi connectivity index (χ1v) is 10.9. The monoisotopic (exact) mass is 408 g/mol. The Bertz CT molecular complexity index is 1070. The van der Waals surface area contributed by atoms with Crippen LogP contribution in [0, 0.1) is 6.92 Å². The smallest absolute Gasteiger partial charge is 0.254 e. The van der Waals surface area contributed by atoms with Crippen molar-refractivity contribution >= 4 is 33.4 Å². The van der Waals surface area contributed by atoms with E-state index >= 15 is 0 Å². The van der Waals surface area contributed by atoms with Gasteiger partial charge in [0.25, 0.3) is 5.91 Å². The molecule has 0 saturated carbocycles. The summed E-state index contributed by atoms with van der Waals surface area (Å²) in [5.74, 6) is 0.675. The number of fused-ring (bicyclic) bond motifs is 2. The van der Waals surface area contributed by atoms with Gasteiger partial charge in [-0.25, -0.2) is 15.0 Å². The summed E-state index contributed by atoms with van der Waals surface area (Å²) in [6, 6.07) is 7.00. The molecule has 0 bridgehead atoms. The van der Waals surface area contributed by atoms with Crippen LogP contribution in [-0.2, 0) is 6.42 Å². The molecule has 8 heteroatoms. The average molecular weight is 409 g/mol. The average Bonchev–Trinajstić information content (AvgIpc) is 3.12. The summed E-state index contributed by atoms with van der Waals surface area (Å²) in [4.78, 5) is 30.4. The number of piperazine rings is 1. The summed E-state index contributed by atoms with van der Waals surface area (Å²) in [5, 5.41) is 3.95. The number of aromatic nitrogens is 3. The lowest BCUT2D eigenvalue weighted by Crippen LogP contribution is -2.48. The number of rotatable bonds is 3. The van der Waals surface area contributed by atoms with E-state index in [2.05, 4.69) is 62.1 Å². The van der Waals surface area contributed by atoms with Crippen LogP contribution in [-0.4, -0.2) is 58.5 Å². The maximum Gasteiger partial charge on any atom is 0.254 e. The fourth-order valence-corrected chi connectivity index (χ4v) is 4.98. The normalized spacial score (nSPS) is 18.6. The van der Waals surface area contributed by atoms with Gasteiger partial charge < -0.3 is 10.2 Å². The Kier molecular flexibility index (Phi) is 4.67. The van der Waals surface area contributed by atoms with E-state index in [1.807, 2.05) is 0 Å². The van der Waals surface area contributed by atoms with Crippen molar-refractivity contribution in [2.45, 2.75) is 26.3 Å². The maximum atomic E-state index is 11.9. The summed E-state index contributed by atoms with van der Waals surface area (Å²) >= 11 is 1.75. The van der Waals surface area contributed by atoms with Gasteiger partial charge in [0.1, 0.15) is 0 Å². The Morgan fingerprint density at radius 3 is 2.83 bits per heavy atom. The van der Waals surface area contributed by atoms with Crippen molar-refractivity contribution in [1.29, 1.82) is 0 Å². The van der Waals surface area contributed by atoms with Crippen LogP contribution in [0.5, 0.6) is 0 Å². The van der Waals surface area contributed by atoms with Gasteiger partial charge in [-0.2, -0.15) is 0 Å². The van der Waals surface area contributed by atoms with Crippen LogP contribution in [0.25, 0.3) is 10.2 Å². The van der Waals surface area contributed by atoms with Crippen molar-refractivity contribution in [3.63, 3.8) is 0 Å². The zero-order valence-electron chi connectivity index (χ0n) is 16.7. The number of hydrogen-bond donors (Lipinski definition) is 1. The Morgan fingerprint density at radius 1 is 1.17 bits per heavy atom. The lowest BCUT2D eigenvalue weighted by Gasteiger charge is -2.38. The minimum absolute atomic E-state index is 0.0660. The first-order valence-electron chi connectivity index (χ1n) is 10.1. The quantitative estimate of drug-likeness (QED) is 0.718. The van der Waals surface area contributed by atoms with E-state index in [0.717, 1.165) is 54.8 Å². The molecule has 0 radical (unpaired) electrons. The predicted molar refractivity (Wildman–Crippen MR) is 115 cm³/mol. The van der Waals surface area contributed by atoms with E-state index in [4.69, 9.17) is 0 Å². The van der Waals surface area contributed by atoms with Crippen molar-refractivity contribution in [3.05, 3.63) is 46.2 Å². The zero-order chi connectivity index (χ0) is 20.0. The molecule has 0 aliphatic carbocycles. The molecular weight excluding hydrogens is 384 g/mol. The molecule has 1 amide bonds. The van der Waals surface area contributed by atoms with Gasteiger partial charge in [-0.3, -0.25) is 9.69 Å². The highest BCUT2D eigenvalue weighted by atomic mass is 32.1. The fourth-order valence-electron chi connectivity index (χ4n) is 4.17. The van der Waals surface area contributed by atoms with Crippen LogP contribution in [0.3, 0.4) is 0 Å². The lowest BCUT2D eigenvalue weighted by atomic mass is 10.1. The summed E-state index contributed by atoms with van der Waals surface area (Å²) in [7, 11) is 0. The number of thiazole rings is 1. The highest BCUT2D eigenvalue weighted by Crippen LogP contribution is 2.28. The van der Waals surface area contributed by atoms with E-state index in [9.17, 15) is 4.79 Å². The van der Waals surface area contributed by atoms with E-state index in [0.29, 0.717) is 18.2 Å². The van der Waals surface area contributed by atoms with Gasteiger partial charge in [-0.05, 0) is 31.5 Å². The second-order valence-corrected chi connectivity index (χ2v) is 8.93. The minimum atomic E-state index is -0.0660. The Hall–Kier alpha value is -2.58. The molecule has 7 nitrogen and oxygen atoms in total. The molecule has 1 atom stereocenters. The molecule has 29 heavy (non-hydrogen) atoms. The van der Waals surface area contributed by atoms with Crippen LogP contribution in [0.4, 0.5) is 5.95 Å². The summed E-state index contributed by atoms with van der Waals surface area (Å²) < 4.78 is 1.25. The van der Waals surface area contributed by atoms with Crippen LogP contribution >= 0.6 is 11.3 Å². The molecule has 3 aromatic rings. The number of nitrogens with one attached hydrogen (secondary N) is 1. The molecule has 2 aliphatic heterocycles. The molecule has 2 aliphatic rings. The lowest BCUT2D eigenvalue weighted by molar-refractivity contribution is 0.0944. The SMILES string of the molecule is Cc1nc2cc([C@H](C)N3CCN(c4ncc5c(n4)CCNC5=O)CC3)ccc2s1. The Morgan fingerprint density at radius 2 is 2.00 bits per heavy atom. The number of carbonyl (C=O) groups excluding carboxylic acids is 1. The predicted octanol–water partition coefficient (Wildman–Crippen LogP) is 2.56. The maximum absolute atomic E-state index is 11.9. The molecule has 4 heterocycles. The summed E-state index contributed by atoms with van der Waals surface area (Å²) in [5.41, 5.74) is 3.88. The topological polar surface area (TPSA) is 74.2 Å². The first kappa shape index (κ1) is 18.4. The Balaban J connectivity index is 1.27. The number of aryl methyl sites for hydroxylation is 1. The van der Waals surface area contributed by atoms with Gasteiger partial charge in [-0.15, -0.1) is 11.3 Å². The summed E-state index contributed by atoms with van der Waals surface area (Å²) in [6.45, 7) is 8.65. The first-order chi connectivity index (χ1) is 14.1. The highest BCUT2D eigenvalue weighted by molar-refractivity contribution is 7.18. The third-order valence-electron chi connectivity index (χ3n) is 5.89. The second kappa shape index (κ2) is 7.35. The van der Waals surface area contributed by atoms with Crippen molar-refractivity contribution in [3.8, 4) is 0 Å². The summed E-state index contributed by atoms with van der Waals surface area (Å²) in [6.07, 6.45) is 2.44. The molecule has 2 aromatic heterocycles. The van der Waals surface area contributed by atoms with Gasteiger partial charge in [0, 0.05) is 51.4 Å². The number of benzene rings is 1. The van der Waals surface area contributed by atoms with Gasteiger partial charge in [0.15, 0.2) is 0 Å². The molecule has 5 rings (SSSR count). The number of carbonyl (C=O) groups is 1. The number of nitrogens with zero attached hydrogens (tertiary/aromatic N) is 5. The van der Waals surface area contributed by atoms with E-state index < -0.39 is 0 Å². The van der Waals surface area contributed by atoms with Crippen LogP contribution in [0.15, 0.2) is 24.4 Å². The van der Waals surface area contributed by atoms with Gasteiger partial charge in [0.05, 0.1) is 26.5 Å². The van der Waals surface area contributed by atoms with Crippen molar-refractivity contribution in [2.24, 2.45) is 0 Å². The van der Waals surface area contributed by atoms with Gasteiger partial charge in [-0.1, -0.05) is 6.07 Å². The molecule has 1 saturated heterocycles. The minimum Gasteiger partial charge on any atom is -0.352 e. The molecule has 150 valence electrons. The van der Waals surface area contributed by atoms with Gasteiger partial charge >= 0.3 is 0 Å². The van der Waals surface area contributed by atoms with Crippen LogP contribution in [0.1, 0.15) is 39.6 Å². The highest BCUT2D eigenvalue weighted by Gasteiger charge is 2.25. The zero-order valence-corrected chi connectivity index (χ0v) is 17.5. The standard InChI is InChI=1S/C21H24N6OS/c1-13(15-3-4-19-18(11-15)24-14(2)29-19)26-7-9-27(10-8-26)21-23-12-16-17(25-21)5-6-22-20(16)28/h3-4,11-13H,5-10H2,1-2H3,(H,22,28)/t13-/m0/s1. The van der Waals surface area contributed by atoms with Crippen LogP contribution < -0.4 is 10.2 Å². The largest absolute Gasteiger partial charge is 0.352 e. The third kappa shape index (κ3) is 3.47. The van der Waals surface area contributed by atoms with E-state index in [1.165, 1.54) is 10.3 Å². The number of amides is 1. The molecule has 0 unspecified atom stereocenters. The molecular formula is C21H24N6OS. The molecule has 1 aromatic carbocycles. The molecule has 1 fully saturated rings. The number of anilines is 1. The van der Waals surface area contributed by atoms with Crippen molar-refractivity contribution < 1.29 is 4.79 Å². The fraction of sp³-hybridized carbons (Fsp3) is 0.429. The second-order valence-electron chi connectivity index (χ2n) is 7.70. The van der Waals surface area contributed by atoms with Crippen molar-refractivity contribution in [1.82, 2.24) is 25.2 Å². The van der Waals surface area contributed by atoms with E-state index in [1.54, 1.807) is 17.5 Å². The molecule has 0 spiro atoms.